The number of nitrogens with one attached hydrogen (secondary N) is 2. The second kappa shape index (κ2) is 7.56. The largest absolute Gasteiger partial charge is 0.326 e. The number of amides is 3. The normalized spacial score (nSPS) is 10.3. The number of halogens is 3. The number of carbonyl (C=O) groups excluding carboxylic acids is 2. The number of benzene rings is 2. The lowest BCUT2D eigenvalue weighted by atomic mass is 10.2. The van der Waals surface area contributed by atoms with Crippen molar-refractivity contribution in [3.05, 3.63) is 58.1 Å². The summed E-state index contributed by atoms with van der Waals surface area (Å²) in [5.74, 6) is -3.23. The SMILES string of the molecule is CSc1cc(Br)ccc1NC(=O)NC(=O)c1c(F)cccc1F. The Hall–Kier alpha value is -1.93. The molecule has 0 aliphatic rings. The highest BCUT2D eigenvalue weighted by atomic mass is 79.9. The van der Waals surface area contributed by atoms with E-state index < -0.39 is 29.1 Å². The summed E-state index contributed by atoms with van der Waals surface area (Å²) in [5.41, 5.74) is -0.330. The fourth-order valence-corrected chi connectivity index (χ4v) is 2.90. The van der Waals surface area contributed by atoms with Crippen molar-refractivity contribution in [1.29, 1.82) is 0 Å². The van der Waals surface area contributed by atoms with Gasteiger partial charge in [0.2, 0.25) is 0 Å². The van der Waals surface area contributed by atoms with Crippen molar-refractivity contribution in [1.82, 2.24) is 5.32 Å². The molecule has 120 valence electrons. The molecule has 0 bridgehead atoms. The van der Waals surface area contributed by atoms with Gasteiger partial charge in [0.1, 0.15) is 17.2 Å². The predicted molar refractivity (Wildman–Crippen MR) is 88.8 cm³/mol. The number of rotatable bonds is 3. The van der Waals surface area contributed by atoms with Crippen molar-refractivity contribution in [3.8, 4) is 0 Å². The number of carbonyl (C=O) groups is 2. The molecule has 4 nitrogen and oxygen atoms in total. The summed E-state index contributed by atoms with van der Waals surface area (Å²) in [6.07, 6.45) is 1.82. The van der Waals surface area contributed by atoms with Crippen molar-refractivity contribution in [3.63, 3.8) is 0 Å². The fraction of sp³-hybridized carbons (Fsp3) is 0.0667. The molecule has 0 aliphatic carbocycles. The van der Waals surface area contributed by atoms with Gasteiger partial charge in [-0.3, -0.25) is 10.1 Å². The highest BCUT2D eigenvalue weighted by Gasteiger charge is 2.19. The molecule has 0 saturated carbocycles. The maximum absolute atomic E-state index is 13.5. The van der Waals surface area contributed by atoms with Crippen LogP contribution in [0.3, 0.4) is 0 Å². The molecule has 2 N–H and O–H groups in total. The molecular formula is C15H11BrF2N2O2S. The summed E-state index contributed by atoms with van der Waals surface area (Å²) in [7, 11) is 0. The second-order valence-electron chi connectivity index (χ2n) is 4.35. The van der Waals surface area contributed by atoms with E-state index in [4.69, 9.17) is 0 Å². The molecule has 3 amide bonds. The maximum Gasteiger partial charge on any atom is 0.326 e. The van der Waals surface area contributed by atoms with E-state index in [0.717, 1.165) is 27.6 Å². The summed E-state index contributed by atoms with van der Waals surface area (Å²) in [5, 5.41) is 4.37. The van der Waals surface area contributed by atoms with Gasteiger partial charge in [-0.2, -0.15) is 0 Å². The molecule has 0 atom stereocenters. The van der Waals surface area contributed by atoms with Gasteiger partial charge >= 0.3 is 6.03 Å². The van der Waals surface area contributed by atoms with Gasteiger partial charge in [0.05, 0.1) is 5.69 Å². The minimum atomic E-state index is -1.15. The molecule has 0 aromatic heterocycles. The first-order valence-electron chi connectivity index (χ1n) is 6.32. The van der Waals surface area contributed by atoms with Crippen LogP contribution in [0.2, 0.25) is 0 Å². The number of hydrogen-bond donors (Lipinski definition) is 2. The number of anilines is 1. The average molecular weight is 401 g/mol. The highest BCUT2D eigenvalue weighted by Crippen LogP contribution is 2.28. The molecule has 0 heterocycles. The summed E-state index contributed by atoms with van der Waals surface area (Å²) in [4.78, 5) is 24.5. The Kier molecular flexibility index (Phi) is 5.73. The summed E-state index contributed by atoms with van der Waals surface area (Å²) in [6.45, 7) is 0. The van der Waals surface area contributed by atoms with Crippen LogP contribution < -0.4 is 10.6 Å². The Labute approximate surface area is 143 Å². The minimum absolute atomic E-state index is 0.472. The van der Waals surface area contributed by atoms with Crippen LogP contribution in [0.5, 0.6) is 0 Å². The number of hydrogen-bond acceptors (Lipinski definition) is 3. The van der Waals surface area contributed by atoms with Gasteiger partial charge in [0.15, 0.2) is 0 Å². The first-order chi connectivity index (χ1) is 10.9. The molecular weight excluding hydrogens is 390 g/mol. The van der Waals surface area contributed by atoms with Gasteiger partial charge in [0.25, 0.3) is 5.91 Å². The first-order valence-corrected chi connectivity index (χ1v) is 8.34. The van der Waals surface area contributed by atoms with E-state index in [0.29, 0.717) is 5.69 Å². The molecule has 23 heavy (non-hydrogen) atoms. The third kappa shape index (κ3) is 4.29. The van der Waals surface area contributed by atoms with Crippen LogP contribution in [0.15, 0.2) is 45.8 Å². The van der Waals surface area contributed by atoms with E-state index in [1.807, 2.05) is 11.6 Å². The van der Waals surface area contributed by atoms with Gasteiger partial charge in [0, 0.05) is 9.37 Å². The zero-order valence-electron chi connectivity index (χ0n) is 11.8. The Morgan fingerprint density at radius 1 is 1.13 bits per heavy atom. The molecule has 0 radical (unpaired) electrons. The van der Waals surface area contributed by atoms with E-state index in [9.17, 15) is 18.4 Å². The average Bonchev–Trinajstić information content (AvgIpc) is 2.48. The summed E-state index contributed by atoms with van der Waals surface area (Å²) >= 11 is 4.71. The standard InChI is InChI=1S/C15H11BrF2N2O2S/c1-23-12-7-8(16)5-6-11(12)19-15(22)20-14(21)13-9(17)3-2-4-10(13)18/h2-7H,1H3,(H2,19,20,21,22). The van der Waals surface area contributed by atoms with Gasteiger partial charge in [-0.25, -0.2) is 13.6 Å². The highest BCUT2D eigenvalue weighted by molar-refractivity contribution is 9.10. The van der Waals surface area contributed by atoms with Crippen LogP contribution in [0.25, 0.3) is 0 Å². The summed E-state index contributed by atoms with van der Waals surface area (Å²) in [6, 6.07) is 7.28. The van der Waals surface area contributed by atoms with E-state index in [1.165, 1.54) is 11.8 Å². The molecule has 0 spiro atoms. The van der Waals surface area contributed by atoms with Gasteiger partial charge in [-0.05, 0) is 36.6 Å². The monoisotopic (exact) mass is 400 g/mol. The maximum atomic E-state index is 13.5. The predicted octanol–water partition coefficient (Wildman–Crippen LogP) is 4.41. The molecule has 0 unspecified atom stereocenters. The Morgan fingerprint density at radius 3 is 2.39 bits per heavy atom. The van der Waals surface area contributed by atoms with Crippen LogP contribution in [-0.4, -0.2) is 18.2 Å². The number of urea groups is 1. The fourth-order valence-electron chi connectivity index (χ4n) is 1.80. The smallest absolute Gasteiger partial charge is 0.307 e. The van der Waals surface area contributed by atoms with E-state index in [-0.39, 0.29) is 0 Å². The van der Waals surface area contributed by atoms with Crippen LogP contribution in [0.4, 0.5) is 19.3 Å². The first kappa shape index (κ1) is 17.4. The van der Waals surface area contributed by atoms with Crippen LogP contribution >= 0.6 is 27.7 Å². The molecule has 0 fully saturated rings. The second-order valence-corrected chi connectivity index (χ2v) is 6.11. The third-order valence-corrected chi connectivity index (χ3v) is 4.10. The lowest BCUT2D eigenvalue weighted by Gasteiger charge is -2.11. The van der Waals surface area contributed by atoms with Crippen molar-refractivity contribution in [2.24, 2.45) is 0 Å². The number of imide groups is 1. The lowest BCUT2D eigenvalue weighted by Crippen LogP contribution is -2.35. The third-order valence-electron chi connectivity index (χ3n) is 2.83. The molecule has 0 saturated heterocycles. The summed E-state index contributed by atoms with van der Waals surface area (Å²) < 4.78 is 27.8. The minimum Gasteiger partial charge on any atom is -0.307 e. The van der Waals surface area contributed by atoms with E-state index >= 15 is 0 Å². The van der Waals surface area contributed by atoms with Crippen molar-refractivity contribution < 1.29 is 18.4 Å². The Morgan fingerprint density at radius 2 is 1.78 bits per heavy atom. The molecule has 8 heteroatoms. The zero-order chi connectivity index (χ0) is 17.0. The quantitative estimate of drug-likeness (QED) is 0.750. The molecule has 2 aromatic rings. The number of thioether (sulfide) groups is 1. The van der Waals surface area contributed by atoms with Crippen molar-refractivity contribution in [2.45, 2.75) is 4.90 Å². The van der Waals surface area contributed by atoms with Crippen LogP contribution in [0, 0.1) is 11.6 Å². The Balaban J connectivity index is 2.12. The zero-order valence-corrected chi connectivity index (χ0v) is 14.2. The lowest BCUT2D eigenvalue weighted by molar-refractivity contribution is 0.0959. The van der Waals surface area contributed by atoms with Gasteiger partial charge < -0.3 is 5.32 Å². The van der Waals surface area contributed by atoms with E-state index in [2.05, 4.69) is 21.2 Å². The molecule has 2 rings (SSSR count). The van der Waals surface area contributed by atoms with Crippen LogP contribution in [-0.2, 0) is 0 Å². The van der Waals surface area contributed by atoms with Gasteiger partial charge in [-0.1, -0.05) is 22.0 Å². The molecule has 0 aliphatic heterocycles. The molecule has 2 aromatic carbocycles. The van der Waals surface area contributed by atoms with Crippen molar-refractivity contribution >= 4 is 45.3 Å². The van der Waals surface area contributed by atoms with Crippen LogP contribution in [0.1, 0.15) is 10.4 Å². The topological polar surface area (TPSA) is 58.2 Å². The Bertz CT molecular complexity index is 751. The van der Waals surface area contributed by atoms with Gasteiger partial charge in [-0.15, -0.1) is 11.8 Å². The van der Waals surface area contributed by atoms with Crippen molar-refractivity contribution in [2.75, 3.05) is 11.6 Å². The van der Waals surface area contributed by atoms with E-state index in [1.54, 1.807) is 18.2 Å².